The van der Waals surface area contributed by atoms with Gasteiger partial charge < -0.3 is 5.32 Å². The summed E-state index contributed by atoms with van der Waals surface area (Å²) in [5, 5.41) is 21.3. The lowest BCUT2D eigenvalue weighted by molar-refractivity contribution is -0.384. The molecule has 132 valence electrons. The number of aromatic nitrogens is 3. The van der Waals surface area contributed by atoms with Gasteiger partial charge in [0, 0.05) is 28.4 Å². The van der Waals surface area contributed by atoms with E-state index in [1.165, 1.54) is 18.2 Å². The summed E-state index contributed by atoms with van der Waals surface area (Å²) < 4.78 is 0. The number of anilines is 1. The molecule has 3 rings (SSSR count). The van der Waals surface area contributed by atoms with E-state index in [2.05, 4.69) is 20.5 Å². The van der Waals surface area contributed by atoms with Crippen molar-refractivity contribution in [3.05, 3.63) is 63.7 Å². The molecule has 0 aliphatic carbocycles. The molecule has 1 heterocycles. The molecule has 0 bridgehead atoms. The van der Waals surface area contributed by atoms with Gasteiger partial charge in [0.1, 0.15) is 0 Å². The van der Waals surface area contributed by atoms with Gasteiger partial charge in [-0.1, -0.05) is 29.4 Å². The first-order chi connectivity index (χ1) is 12.5. The van der Waals surface area contributed by atoms with Gasteiger partial charge >= 0.3 is 0 Å². The fourth-order valence-corrected chi connectivity index (χ4v) is 2.80. The van der Waals surface area contributed by atoms with Gasteiger partial charge in [0.15, 0.2) is 5.82 Å². The second kappa shape index (κ2) is 7.98. The van der Waals surface area contributed by atoms with Crippen molar-refractivity contribution in [3.63, 3.8) is 0 Å². The van der Waals surface area contributed by atoms with E-state index < -0.39 is 4.92 Å². The third kappa shape index (κ3) is 4.58. The predicted octanol–water partition coefficient (Wildman–Crippen LogP) is 3.76. The maximum atomic E-state index is 12.0. The van der Waals surface area contributed by atoms with Crippen LogP contribution in [0.25, 0.3) is 11.4 Å². The van der Waals surface area contributed by atoms with E-state index in [1.807, 2.05) is 12.1 Å². The van der Waals surface area contributed by atoms with Crippen molar-refractivity contribution in [3.8, 4) is 11.4 Å². The minimum absolute atomic E-state index is 0.0700. The van der Waals surface area contributed by atoms with Crippen LogP contribution in [0.3, 0.4) is 0 Å². The highest BCUT2D eigenvalue weighted by atomic mass is 35.5. The van der Waals surface area contributed by atoms with Crippen LogP contribution in [0.5, 0.6) is 0 Å². The number of non-ortho nitro benzene ring substituents is 1. The first kappa shape index (κ1) is 17.9. The summed E-state index contributed by atoms with van der Waals surface area (Å²) in [5.74, 6) is 0.331. The summed E-state index contributed by atoms with van der Waals surface area (Å²) in [4.78, 5) is 26.5. The molecule has 0 aliphatic rings. The zero-order chi connectivity index (χ0) is 18.5. The van der Waals surface area contributed by atoms with Crippen LogP contribution >= 0.6 is 23.4 Å². The molecule has 0 radical (unpaired) electrons. The van der Waals surface area contributed by atoms with Crippen LogP contribution in [0, 0.1) is 10.1 Å². The molecule has 2 aromatic carbocycles. The van der Waals surface area contributed by atoms with Crippen LogP contribution in [0.15, 0.2) is 53.7 Å². The number of nitrogens with one attached hydrogen (secondary N) is 2. The van der Waals surface area contributed by atoms with E-state index in [0.29, 0.717) is 21.7 Å². The van der Waals surface area contributed by atoms with Crippen LogP contribution in [-0.4, -0.2) is 31.8 Å². The molecule has 0 fully saturated rings. The Labute approximate surface area is 157 Å². The number of aromatic amines is 1. The van der Waals surface area contributed by atoms with Crippen molar-refractivity contribution in [1.29, 1.82) is 0 Å². The molecule has 0 saturated heterocycles. The summed E-state index contributed by atoms with van der Waals surface area (Å²) in [6.07, 6.45) is 0. The Morgan fingerprint density at radius 1 is 1.27 bits per heavy atom. The first-order valence-electron chi connectivity index (χ1n) is 7.37. The lowest BCUT2D eigenvalue weighted by atomic mass is 10.2. The van der Waals surface area contributed by atoms with Crippen molar-refractivity contribution < 1.29 is 9.72 Å². The van der Waals surface area contributed by atoms with Gasteiger partial charge in [0.05, 0.1) is 10.7 Å². The van der Waals surface area contributed by atoms with Crippen molar-refractivity contribution in [1.82, 2.24) is 15.2 Å². The van der Waals surface area contributed by atoms with Crippen LogP contribution in [0.2, 0.25) is 5.02 Å². The van der Waals surface area contributed by atoms with E-state index in [0.717, 1.165) is 17.3 Å². The van der Waals surface area contributed by atoms with E-state index in [-0.39, 0.29) is 17.3 Å². The highest BCUT2D eigenvalue weighted by molar-refractivity contribution is 7.99. The highest BCUT2D eigenvalue weighted by Crippen LogP contribution is 2.21. The summed E-state index contributed by atoms with van der Waals surface area (Å²) in [5.41, 5.74) is 1.11. The zero-order valence-corrected chi connectivity index (χ0v) is 14.8. The quantitative estimate of drug-likeness (QED) is 0.377. The number of amides is 1. The molecule has 2 N–H and O–H groups in total. The molecule has 0 unspecified atom stereocenters. The van der Waals surface area contributed by atoms with Gasteiger partial charge in [0.2, 0.25) is 11.1 Å². The zero-order valence-electron chi connectivity index (χ0n) is 13.2. The normalized spacial score (nSPS) is 10.5. The predicted molar refractivity (Wildman–Crippen MR) is 99.3 cm³/mol. The molecule has 8 nitrogen and oxygen atoms in total. The fraction of sp³-hybridized carbons (Fsp3) is 0.0625. The monoisotopic (exact) mass is 389 g/mol. The molecule has 26 heavy (non-hydrogen) atoms. The Bertz CT molecular complexity index is 945. The molecule has 3 aromatic rings. The number of thioether (sulfide) groups is 1. The number of carbonyl (C=O) groups excluding carboxylic acids is 1. The topological polar surface area (TPSA) is 114 Å². The number of nitro groups is 1. The maximum absolute atomic E-state index is 12.0. The van der Waals surface area contributed by atoms with E-state index in [4.69, 9.17) is 11.6 Å². The molecular weight excluding hydrogens is 378 g/mol. The number of benzene rings is 2. The number of halogens is 1. The number of hydrogen-bond donors (Lipinski definition) is 2. The smallest absolute Gasteiger partial charge is 0.271 e. The number of rotatable bonds is 6. The van der Waals surface area contributed by atoms with Crippen LogP contribution in [-0.2, 0) is 4.79 Å². The van der Waals surface area contributed by atoms with Crippen LogP contribution in [0.1, 0.15) is 0 Å². The standard InChI is InChI=1S/C16H12ClN5O3S/c17-11-6-4-10(5-7-11)15-19-16(21-20-15)26-9-14(23)18-12-2-1-3-13(8-12)22(24)25/h1-8H,9H2,(H,18,23)(H,19,20,21). The van der Waals surface area contributed by atoms with Gasteiger partial charge in [-0.2, -0.15) is 0 Å². The number of nitro benzene ring substituents is 1. The first-order valence-corrected chi connectivity index (χ1v) is 8.73. The Morgan fingerprint density at radius 2 is 2.04 bits per heavy atom. The number of carbonyl (C=O) groups is 1. The Hall–Kier alpha value is -2.91. The van der Waals surface area contributed by atoms with Crippen LogP contribution in [0.4, 0.5) is 11.4 Å². The fourth-order valence-electron chi connectivity index (χ4n) is 2.07. The van der Waals surface area contributed by atoms with E-state index >= 15 is 0 Å². The number of nitrogens with zero attached hydrogens (tertiary/aromatic N) is 3. The lowest BCUT2D eigenvalue weighted by Crippen LogP contribution is -2.14. The van der Waals surface area contributed by atoms with Gasteiger partial charge in [0.25, 0.3) is 5.69 Å². The molecule has 0 saturated carbocycles. The molecule has 0 spiro atoms. The summed E-state index contributed by atoms with van der Waals surface area (Å²) >= 11 is 7.00. The van der Waals surface area contributed by atoms with Gasteiger partial charge in [-0.15, -0.1) is 5.10 Å². The number of H-pyrrole nitrogens is 1. The summed E-state index contributed by atoms with van der Waals surface area (Å²) in [6.45, 7) is 0. The average Bonchev–Trinajstić information content (AvgIpc) is 3.10. The number of hydrogen-bond acceptors (Lipinski definition) is 6. The van der Waals surface area contributed by atoms with Gasteiger partial charge in [-0.3, -0.25) is 20.0 Å². The lowest BCUT2D eigenvalue weighted by Gasteiger charge is -2.03. The third-order valence-corrected chi connectivity index (χ3v) is 4.35. The summed E-state index contributed by atoms with van der Waals surface area (Å²) in [6, 6.07) is 12.9. The van der Waals surface area contributed by atoms with E-state index in [9.17, 15) is 14.9 Å². The van der Waals surface area contributed by atoms with E-state index in [1.54, 1.807) is 18.2 Å². The minimum Gasteiger partial charge on any atom is -0.325 e. The second-order valence-corrected chi connectivity index (χ2v) is 6.50. The van der Waals surface area contributed by atoms with Crippen LogP contribution < -0.4 is 5.32 Å². The molecule has 0 atom stereocenters. The van der Waals surface area contributed by atoms with Crippen molar-refractivity contribution >= 4 is 40.6 Å². The molecule has 0 aliphatic heterocycles. The summed E-state index contributed by atoms with van der Waals surface area (Å²) in [7, 11) is 0. The molecule has 10 heteroatoms. The van der Waals surface area contributed by atoms with Crippen molar-refractivity contribution in [2.45, 2.75) is 5.16 Å². The average molecular weight is 390 g/mol. The second-order valence-electron chi connectivity index (χ2n) is 5.12. The SMILES string of the molecule is O=C(CSc1n[nH]c(-c2ccc(Cl)cc2)n1)Nc1cccc([N+](=O)[O-])c1. The van der Waals surface area contributed by atoms with Crippen molar-refractivity contribution in [2.75, 3.05) is 11.1 Å². The Kier molecular flexibility index (Phi) is 5.49. The highest BCUT2D eigenvalue weighted by Gasteiger charge is 2.11. The Morgan fingerprint density at radius 3 is 2.77 bits per heavy atom. The maximum Gasteiger partial charge on any atom is 0.271 e. The van der Waals surface area contributed by atoms with Gasteiger partial charge in [-0.05, 0) is 30.3 Å². The van der Waals surface area contributed by atoms with Gasteiger partial charge in [-0.25, -0.2) is 4.98 Å². The molecule has 1 amide bonds. The minimum atomic E-state index is -0.518. The third-order valence-electron chi connectivity index (χ3n) is 3.26. The van der Waals surface area contributed by atoms with Crippen molar-refractivity contribution in [2.24, 2.45) is 0 Å². The molecular formula is C16H12ClN5O3S. The largest absolute Gasteiger partial charge is 0.325 e. The Balaban J connectivity index is 1.57. The molecule has 1 aromatic heterocycles.